The Kier molecular flexibility index (Phi) is 6.71. The zero-order valence-corrected chi connectivity index (χ0v) is 22.5. The number of allylic oxidation sites excluding steroid dienone is 1. The highest BCUT2D eigenvalue weighted by molar-refractivity contribution is 6.28. The minimum atomic E-state index is -1.70. The van der Waals surface area contributed by atoms with E-state index in [1.54, 1.807) is 4.57 Å². The van der Waals surface area contributed by atoms with Crippen molar-refractivity contribution in [2.24, 2.45) is 5.92 Å². The fraction of sp³-hybridized carbons (Fsp3) is 0.462. The zero-order chi connectivity index (χ0) is 28.9. The van der Waals surface area contributed by atoms with Crippen molar-refractivity contribution in [2.75, 3.05) is 12.3 Å². The van der Waals surface area contributed by atoms with Crippen LogP contribution in [0, 0.1) is 25.2 Å². The van der Waals surface area contributed by atoms with Crippen LogP contribution in [0.5, 0.6) is 0 Å². The molecule has 0 amide bonds. The highest BCUT2D eigenvalue weighted by atomic mass is 35.5. The Morgan fingerprint density at radius 1 is 1.29 bits per heavy atom. The average Bonchev–Trinajstić information content (AvgIpc) is 3.60. The summed E-state index contributed by atoms with van der Waals surface area (Å²) < 4.78 is 33.6. The summed E-state index contributed by atoms with van der Waals surface area (Å²) >= 11 is 6.02. The molecular weight excluding hydrogens is 562 g/mol. The van der Waals surface area contributed by atoms with Gasteiger partial charge in [-0.3, -0.25) is 4.57 Å². The first-order chi connectivity index (χ1) is 19.7. The number of hydrogen-bond acceptors (Lipinski definition) is 13. The van der Waals surface area contributed by atoms with Crippen LogP contribution < -0.4 is 11.6 Å². The van der Waals surface area contributed by atoms with Crippen LogP contribution >= 0.6 is 11.6 Å². The molecule has 7 rings (SSSR count). The number of anilines is 1. The van der Waals surface area contributed by atoms with Gasteiger partial charge in [0.1, 0.15) is 18.4 Å². The molecule has 2 fully saturated rings. The third kappa shape index (κ3) is 4.91. The Labute approximate surface area is 236 Å². The monoisotopic (exact) mass is 585 g/mol. The number of esters is 1. The molecule has 15 heteroatoms. The number of ether oxygens (including phenoxy) is 4. The minimum Gasteiger partial charge on any atom is -0.455 e. The first kappa shape index (κ1) is 26.9. The summed E-state index contributed by atoms with van der Waals surface area (Å²) in [5.74, 6) is 1.99. The maximum Gasteiger partial charge on any atom is 0.519 e. The summed E-state index contributed by atoms with van der Waals surface area (Å²) in [5.41, 5.74) is 6.56. The lowest BCUT2D eigenvalue weighted by molar-refractivity contribution is -0.155. The summed E-state index contributed by atoms with van der Waals surface area (Å²) in [4.78, 5) is 49.3. The van der Waals surface area contributed by atoms with Crippen molar-refractivity contribution < 1.29 is 37.4 Å². The normalized spacial score (nSPS) is 23.7. The second kappa shape index (κ2) is 10.2. The molecule has 3 aliphatic carbocycles. The molecule has 0 unspecified atom stereocenters. The summed E-state index contributed by atoms with van der Waals surface area (Å²) in [6.07, 6.45) is 7.78. The van der Waals surface area contributed by atoms with Gasteiger partial charge in [-0.2, -0.15) is 9.97 Å². The van der Waals surface area contributed by atoms with E-state index in [1.165, 1.54) is 13.3 Å². The Bertz CT molecular complexity index is 1680. The molecule has 41 heavy (non-hydrogen) atoms. The number of aromatic nitrogens is 4. The highest BCUT2D eigenvalue weighted by Crippen LogP contribution is 2.46. The molecule has 3 aromatic rings. The van der Waals surface area contributed by atoms with Gasteiger partial charge in [0, 0.05) is 12.0 Å². The van der Waals surface area contributed by atoms with Crippen LogP contribution in [0.1, 0.15) is 49.9 Å². The van der Waals surface area contributed by atoms with Gasteiger partial charge in [-0.15, -0.1) is 6.42 Å². The van der Waals surface area contributed by atoms with Crippen LogP contribution in [0.2, 0.25) is 5.28 Å². The molecule has 4 heterocycles. The van der Waals surface area contributed by atoms with Crippen LogP contribution in [0.4, 0.5) is 10.6 Å². The van der Waals surface area contributed by atoms with E-state index in [2.05, 4.69) is 20.9 Å². The average molecular weight is 586 g/mol. The van der Waals surface area contributed by atoms with E-state index in [0.717, 1.165) is 24.8 Å². The predicted molar refractivity (Wildman–Crippen MR) is 138 cm³/mol. The van der Waals surface area contributed by atoms with E-state index < -0.39 is 49.1 Å². The van der Waals surface area contributed by atoms with E-state index in [0.29, 0.717) is 23.4 Å². The molecule has 214 valence electrons. The number of terminal acetylenes is 1. The molecule has 0 spiro atoms. The van der Waals surface area contributed by atoms with Crippen LogP contribution in [-0.2, 0) is 30.3 Å². The van der Waals surface area contributed by atoms with Gasteiger partial charge in [-0.1, -0.05) is 11.5 Å². The lowest BCUT2D eigenvalue weighted by Crippen LogP contribution is -2.46. The number of halogens is 1. The van der Waals surface area contributed by atoms with Gasteiger partial charge >= 0.3 is 17.9 Å². The predicted octanol–water partition coefficient (Wildman–Crippen LogP) is 2.97. The molecule has 14 nitrogen and oxygen atoms in total. The van der Waals surface area contributed by atoms with Gasteiger partial charge in [0.15, 0.2) is 35.7 Å². The van der Waals surface area contributed by atoms with Gasteiger partial charge in [0.25, 0.3) is 0 Å². The SMILES string of the molecule is C#C[C@]1(COC(=O)OCc2oc(=O)oc2C)O[C@@H](n2cnc3c(N)nc(Cl)nc32)C[C@@H]1OC(=O)C1=C2CC(CC1)C2. The number of aryl methyl sites for hydroxylation is 1. The molecule has 0 radical (unpaired) electrons. The molecule has 1 aliphatic heterocycles. The second-order valence-electron chi connectivity index (χ2n) is 10.1. The van der Waals surface area contributed by atoms with Crippen molar-refractivity contribution in [3.8, 4) is 12.3 Å². The smallest absolute Gasteiger partial charge is 0.455 e. The standard InChI is InChI=1S/C26H24ClN5O9/c1-3-26(10-37-24(34)36-9-16-12(2)38-25(35)39-16)17(40-22(33)15-5-4-13-6-14(15)7-13)8-18(41-26)32-11-29-19-20(28)30-23(27)31-21(19)32/h1,11,13,17-18H,4-10H2,2H3,(H2,28,30,31)/t17-,18+,26+/m0/s1. The maximum atomic E-state index is 13.3. The second-order valence-corrected chi connectivity index (χ2v) is 10.4. The number of nitrogen functional groups attached to an aromatic ring is 1. The van der Waals surface area contributed by atoms with Crippen molar-refractivity contribution in [2.45, 2.75) is 63.6 Å². The molecule has 3 atom stereocenters. The maximum absolute atomic E-state index is 13.3. The van der Waals surface area contributed by atoms with Crippen LogP contribution in [0.15, 0.2) is 31.1 Å². The Morgan fingerprint density at radius 3 is 2.78 bits per heavy atom. The van der Waals surface area contributed by atoms with Crippen LogP contribution in [0.3, 0.4) is 0 Å². The number of hydrogen-bond donors (Lipinski definition) is 1. The topological polar surface area (TPSA) is 184 Å². The molecular formula is C26H24ClN5O9. The zero-order valence-electron chi connectivity index (χ0n) is 21.8. The first-order valence-corrected chi connectivity index (χ1v) is 13.2. The number of carbonyl (C=O) groups excluding carboxylic acids is 2. The summed E-state index contributed by atoms with van der Waals surface area (Å²) in [7, 11) is 0. The van der Waals surface area contributed by atoms with Gasteiger partial charge in [-0.05, 0) is 50.1 Å². The van der Waals surface area contributed by atoms with Crippen molar-refractivity contribution in [3.63, 3.8) is 0 Å². The first-order valence-electron chi connectivity index (χ1n) is 12.8. The molecule has 2 bridgehead atoms. The number of nitrogens with zero attached hydrogens (tertiary/aromatic N) is 4. The van der Waals surface area contributed by atoms with Crippen molar-refractivity contribution in [1.29, 1.82) is 0 Å². The molecule has 0 aromatic carbocycles. The van der Waals surface area contributed by atoms with E-state index >= 15 is 0 Å². The Morgan fingerprint density at radius 2 is 2.10 bits per heavy atom. The third-order valence-electron chi connectivity index (χ3n) is 7.61. The van der Waals surface area contributed by atoms with Crippen molar-refractivity contribution in [1.82, 2.24) is 19.5 Å². The van der Waals surface area contributed by atoms with Crippen LogP contribution in [-0.4, -0.2) is 50.0 Å². The summed E-state index contributed by atoms with van der Waals surface area (Å²) in [6.45, 7) is 0.539. The number of carbonyl (C=O) groups is 2. The van der Waals surface area contributed by atoms with Crippen LogP contribution in [0.25, 0.3) is 11.2 Å². The lowest BCUT2D eigenvalue weighted by atomic mass is 9.69. The Hall–Kier alpha value is -4.35. The molecule has 4 aliphatic rings. The number of fused-ring (bicyclic) bond motifs is 3. The third-order valence-corrected chi connectivity index (χ3v) is 7.78. The molecule has 1 saturated heterocycles. The van der Waals surface area contributed by atoms with Gasteiger partial charge in [-0.25, -0.2) is 19.4 Å². The van der Waals surface area contributed by atoms with E-state index in [1.807, 2.05) is 0 Å². The van der Waals surface area contributed by atoms with Crippen molar-refractivity contribution >= 4 is 40.7 Å². The Balaban J connectivity index is 1.24. The number of imidazole rings is 1. The summed E-state index contributed by atoms with van der Waals surface area (Å²) in [5, 5.41) is -0.0970. The largest absolute Gasteiger partial charge is 0.519 e. The van der Waals surface area contributed by atoms with Crippen molar-refractivity contribution in [3.05, 3.63) is 44.9 Å². The van der Waals surface area contributed by atoms with E-state index in [9.17, 15) is 14.4 Å². The number of rotatable bonds is 7. The highest BCUT2D eigenvalue weighted by Gasteiger charge is 2.53. The summed E-state index contributed by atoms with van der Waals surface area (Å²) in [6, 6.07) is 0. The molecule has 2 N–H and O–H groups in total. The van der Waals surface area contributed by atoms with E-state index in [4.69, 9.17) is 51.5 Å². The number of nitrogens with two attached hydrogens (primary N) is 1. The minimum absolute atomic E-state index is 0.0229. The quantitative estimate of drug-likeness (QED) is 0.242. The van der Waals surface area contributed by atoms with Gasteiger partial charge in [0.2, 0.25) is 10.9 Å². The van der Waals surface area contributed by atoms with Gasteiger partial charge in [0.05, 0.1) is 6.33 Å². The lowest BCUT2D eigenvalue weighted by Gasteiger charge is -2.37. The van der Waals surface area contributed by atoms with E-state index in [-0.39, 0.29) is 34.7 Å². The molecule has 1 saturated carbocycles. The fourth-order valence-electron chi connectivity index (χ4n) is 5.37. The van der Waals surface area contributed by atoms with Gasteiger partial charge < -0.3 is 33.5 Å². The molecule has 3 aromatic heterocycles. The fourth-order valence-corrected chi connectivity index (χ4v) is 5.54.